The summed E-state index contributed by atoms with van der Waals surface area (Å²) < 4.78 is 38.6. The third-order valence-electron chi connectivity index (χ3n) is 3.55. The van der Waals surface area contributed by atoms with E-state index in [2.05, 4.69) is 20.6 Å². The molecular formula is C15H15ClF3N5O2. The Morgan fingerprint density at radius 3 is 2.54 bits per heavy atom. The van der Waals surface area contributed by atoms with Gasteiger partial charge in [0.05, 0.1) is 21.2 Å². The molecule has 2 N–H and O–H groups in total. The molecule has 0 radical (unpaired) electrons. The van der Waals surface area contributed by atoms with E-state index in [1.165, 1.54) is 0 Å². The fourth-order valence-corrected chi connectivity index (χ4v) is 2.17. The van der Waals surface area contributed by atoms with Crippen LogP contribution in [-0.2, 0) is 6.18 Å². The number of anilines is 3. The van der Waals surface area contributed by atoms with Crippen LogP contribution >= 0.6 is 11.6 Å². The molecule has 1 atom stereocenters. The van der Waals surface area contributed by atoms with Gasteiger partial charge in [0.1, 0.15) is 6.33 Å². The van der Waals surface area contributed by atoms with Crippen LogP contribution in [0.5, 0.6) is 0 Å². The Bertz CT molecular complexity index is 816. The van der Waals surface area contributed by atoms with Crippen LogP contribution in [0, 0.1) is 10.1 Å². The number of nitrogens with one attached hydrogen (secondary N) is 2. The number of halogens is 4. The lowest BCUT2D eigenvalue weighted by Gasteiger charge is -2.15. The monoisotopic (exact) mass is 389 g/mol. The van der Waals surface area contributed by atoms with Crippen molar-refractivity contribution in [3.8, 4) is 0 Å². The van der Waals surface area contributed by atoms with Gasteiger partial charge < -0.3 is 10.6 Å². The topological polar surface area (TPSA) is 93.0 Å². The maximum atomic E-state index is 12.9. The van der Waals surface area contributed by atoms with Crippen LogP contribution in [0.2, 0.25) is 5.02 Å². The first kappa shape index (κ1) is 19.7. The number of nitro groups is 1. The van der Waals surface area contributed by atoms with E-state index < -0.39 is 22.4 Å². The zero-order chi connectivity index (χ0) is 19.5. The number of alkyl halides is 3. The Labute approximate surface area is 151 Å². The first-order valence-electron chi connectivity index (χ1n) is 7.53. The maximum absolute atomic E-state index is 12.9. The Balaban J connectivity index is 2.47. The molecule has 26 heavy (non-hydrogen) atoms. The minimum Gasteiger partial charge on any atom is -0.362 e. The van der Waals surface area contributed by atoms with Crippen molar-refractivity contribution in [1.29, 1.82) is 0 Å². The van der Waals surface area contributed by atoms with Crippen LogP contribution in [0.4, 0.5) is 36.2 Å². The molecule has 0 fully saturated rings. The van der Waals surface area contributed by atoms with Crippen molar-refractivity contribution in [3.63, 3.8) is 0 Å². The van der Waals surface area contributed by atoms with E-state index >= 15 is 0 Å². The SMILES string of the molecule is CCC(C)Nc1ncnc(Nc2cc(C(F)(F)F)ccc2Cl)c1[N+](=O)[O-]. The van der Waals surface area contributed by atoms with Gasteiger partial charge in [-0.15, -0.1) is 0 Å². The zero-order valence-corrected chi connectivity index (χ0v) is 14.5. The third-order valence-corrected chi connectivity index (χ3v) is 3.88. The molecule has 1 aromatic heterocycles. The molecule has 7 nitrogen and oxygen atoms in total. The van der Waals surface area contributed by atoms with E-state index in [0.717, 1.165) is 24.5 Å². The number of aromatic nitrogens is 2. The number of rotatable bonds is 6. The van der Waals surface area contributed by atoms with Gasteiger partial charge in [-0.2, -0.15) is 13.2 Å². The number of hydrogen-bond acceptors (Lipinski definition) is 6. The largest absolute Gasteiger partial charge is 0.416 e. The van der Waals surface area contributed by atoms with E-state index in [-0.39, 0.29) is 28.4 Å². The molecule has 2 rings (SSSR count). The minimum absolute atomic E-state index is 0.0371. The minimum atomic E-state index is -4.58. The predicted molar refractivity (Wildman–Crippen MR) is 91.8 cm³/mol. The van der Waals surface area contributed by atoms with Gasteiger partial charge in [-0.05, 0) is 31.5 Å². The molecule has 0 spiro atoms. The zero-order valence-electron chi connectivity index (χ0n) is 13.8. The fourth-order valence-electron chi connectivity index (χ4n) is 2.01. The summed E-state index contributed by atoms with van der Waals surface area (Å²) in [6, 6.07) is 2.53. The molecule has 2 aromatic rings. The van der Waals surface area contributed by atoms with Crippen LogP contribution in [0.15, 0.2) is 24.5 Å². The van der Waals surface area contributed by atoms with Crippen LogP contribution in [0.1, 0.15) is 25.8 Å². The smallest absolute Gasteiger partial charge is 0.362 e. The highest BCUT2D eigenvalue weighted by atomic mass is 35.5. The predicted octanol–water partition coefficient (Wildman–Crippen LogP) is 5.01. The molecule has 0 aliphatic heterocycles. The molecule has 0 amide bonds. The second-order valence-electron chi connectivity index (χ2n) is 5.45. The number of nitrogens with zero attached hydrogens (tertiary/aromatic N) is 3. The van der Waals surface area contributed by atoms with Gasteiger partial charge in [0.25, 0.3) is 0 Å². The van der Waals surface area contributed by atoms with Crippen LogP contribution in [-0.4, -0.2) is 20.9 Å². The standard InChI is InChI=1S/C15H15ClF3N5O2/c1-3-8(2)22-13-12(24(25)26)14(21-7-20-13)23-11-6-9(15(17,18)19)4-5-10(11)16/h4-8H,3H2,1-2H3,(H2,20,21,22,23). The lowest BCUT2D eigenvalue weighted by molar-refractivity contribution is -0.383. The lowest BCUT2D eigenvalue weighted by Crippen LogP contribution is -2.16. The van der Waals surface area contributed by atoms with E-state index in [4.69, 9.17) is 11.6 Å². The number of benzene rings is 1. The summed E-state index contributed by atoms with van der Waals surface area (Å²) in [5.74, 6) is -0.304. The second kappa shape index (κ2) is 7.73. The van der Waals surface area contributed by atoms with Gasteiger partial charge in [0.15, 0.2) is 0 Å². The van der Waals surface area contributed by atoms with E-state index in [9.17, 15) is 23.3 Å². The summed E-state index contributed by atoms with van der Waals surface area (Å²) in [6.07, 6.45) is -2.83. The van der Waals surface area contributed by atoms with Crippen molar-refractivity contribution in [1.82, 2.24) is 9.97 Å². The van der Waals surface area contributed by atoms with Crippen molar-refractivity contribution < 1.29 is 18.1 Å². The first-order chi connectivity index (χ1) is 12.1. The van der Waals surface area contributed by atoms with Crippen molar-refractivity contribution in [2.45, 2.75) is 32.5 Å². The highest BCUT2D eigenvalue weighted by molar-refractivity contribution is 6.33. The van der Waals surface area contributed by atoms with Crippen molar-refractivity contribution >= 4 is 34.6 Å². The van der Waals surface area contributed by atoms with Crippen molar-refractivity contribution in [2.75, 3.05) is 10.6 Å². The Morgan fingerprint density at radius 1 is 1.31 bits per heavy atom. The lowest BCUT2D eigenvalue weighted by atomic mass is 10.2. The van der Waals surface area contributed by atoms with Gasteiger partial charge in [0, 0.05) is 6.04 Å². The fraction of sp³-hybridized carbons (Fsp3) is 0.333. The van der Waals surface area contributed by atoms with Crippen LogP contribution < -0.4 is 10.6 Å². The first-order valence-corrected chi connectivity index (χ1v) is 7.91. The van der Waals surface area contributed by atoms with Gasteiger partial charge >= 0.3 is 11.9 Å². The molecule has 1 unspecified atom stereocenters. The third kappa shape index (κ3) is 4.51. The Kier molecular flexibility index (Phi) is 5.86. The summed E-state index contributed by atoms with van der Waals surface area (Å²) in [6.45, 7) is 3.69. The summed E-state index contributed by atoms with van der Waals surface area (Å²) in [5.41, 5.74) is -1.59. The molecule has 1 heterocycles. The van der Waals surface area contributed by atoms with Crippen LogP contribution in [0.3, 0.4) is 0 Å². The quantitative estimate of drug-likeness (QED) is 0.532. The number of hydrogen-bond donors (Lipinski definition) is 2. The van der Waals surface area contributed by atoms with Gasteiger partial charge in [0.2, 0.25) is 11.6 Å². The molecule has 0 saturated heterocycles. The molecule has 140 valence electrons. The molecule has 0 aliphatic rings. The molecule has 11 heteroatoms. The van der Waals surface area contributed by atoms with Gasteiger partial charge in [-0.25, -0.2) is 9.97 Å². The summed E-state index contributed by atoms with van der Waals surface area (Å²) >= 11 is 5.92. The van der Waals surface area contributed by atoms with Crippen molar-refractivity contribution in [3.05, 3.63) is 45.2 Å². The van der Waals surface area contributed by atoms with E-state index in [1.807, 2.05) is 13.8 Å². The maximum Gasteiger partial charge on any atom is 0.416 e. The Hall–Kier alpha value is -2.62. The molecule has 0 aliphatic carbocycles. The Morgan fingerprint density at radius 2 is 1.96 bits per heavy atom. The highest BCUT2D eigenvalue weighted by Gasteiger charge is 2.31. The second-order valence-corrected chi connectivity index (χ2v) is 5.85. The van der Waals surface area contributed by atoms with E-state index in [0.29, 0.717) is 6.42 Å². The van der Waals surface area contributed by atoms with Gasteiger partial charge in [-0.3, -0.25) is 10.1 Å². The summed E-state index contributed by atoms with van der Waals surface area (Å²) in [5, 5.41) is 16.8. The molecule has 1 aromatic carbocycles. The average Bonchev–Trinajstić information content (AvgIpc) is 2.55. The van der Waals surface area contributed by atoms with E-state index in [1.54, 1.807) is 0 Å². The highest BCUT2D eigenvalue weighted by Crippen LogP contribution is 2.37. The molecule has 0 saturated carbocycles. The molecule has 0 bridgehead atoms. The molecular weight excluding hydrogens is 375 g/mol. The van der Waals surface area contributed by atoms with Crippen molar-refractivity contribution in [2.24, 2.45) is 0 Å². The normalized spacial score (nSPS) is 12.5. The average molecular weight is 390 g/mol. The summed E-state index contributed by atoms with van der Waals surface area (Å²) in [7, 11) is 0. The van der Waals surface area contributed by atoms with Gasteiger partial charge in [-0.1, -0.05) is 18.5 Å². The van der Waals surface area contributed by atoms with Crippen LogP contribution in [0.25, 0.3) is 0 Å². The summed E-state index contributed by atoms with van der Waals surface area (Å²) in [4.78, 5) is 18.4.